The molecule has 2 rings (SSSR count). The molecule has 1 atom stereocenters. The minimum atomic E-state index is -0.985. The van der Waals surface area contributed by atoms with Gasteiger partial charge in [0.1, 0.15) is 4.93 Å². The van der Waals surface area contributed by atoms with Crippen molar-refractivity contribution in [2.75, 3.05) is 0 Å². The van der Waals surface area contributed by atoms with E-state index in [0.717, 1.165) is 30.2 Å². The third kappa shape index (κ3) is 2.55. The van der Waals surface area contributed by atoms with Crippen LogP contribution in [0.25, 0.3) is 0 Å². The van der Waals surface area contributed by atoms with Gasteiger partial charge in [0, 0.05) is 11.1 Å². The summed E-state index contributed by atoms with van der Waals surface area (Å²) in [6.07, 6.45) is 5.13. The smallest absolute Gasteiger partial charge is 0.222 e. The first kappa shape index (κ1) is 12.7. The van der Waals surface area contributed by atoms with Gasteiger partial charge in [-0.1, -0.05) is 50.5 Å². The van der Waals surface area contributed by atoms with Crippen molar-refractivity contribution in [2.24, 2.45) is 0 Å². The predicted molar refractivity (Wildman–Crippen MR) is 71.0 cm³/mol. The van der Waals surface area contributed by atoms with Gasteiger partial charge in [0.25, 0.3) is 0 Å². The van der Waals surface area contributed by atoms with Crippen molar-refractivity contribution in [2.45, 2.75) is 44.0 Å². The van der Waals surface area contributed by atoms with Crippen LogP contribution in [0.2, 0.25) is 0 Å². The van der Waals surface area contributed by atoms with Crippen LogP contribution in [0.1, 0.15) is 54.9 Å². The van der Waals surface area contributed by atoms with E-state index in [1.54, 1.807) is 6.07 Å². The van der Waals surface area contributed by atoms with Gasteiger partial charge in [-0.15, -0.1) is 0 Å². The molecule has 0 radical (unpaired) electrons. The fourth-order valence-electron chi connectivity index (χ4n) is 2.24. The molecule has 1 aromatic carbocycles. The van der Waals surface area contributed by atoms with Crippen LogP contribution >= 0.6 is 11.8 Å². The van der Waals surface area contributed by atoms with Crippen molar-refractivity contribution in [3.8, 4) is 0 Å². The number of unbranched alkanes of at least 4 members (excludes halogenated alkanes) is 3. The van der Waals surface area contributed by atoms with Crippen molar-refractivity contribution in [1.29, 1.82) is 0 Å². The molecule has 17 heavy (non-hydrogen) atoms. The summed E-state index contributed by atoms with van der Waals surface area (Å²) in [6, 6.07) is 7.40. The van der Waals surface area contributed by atoms with E-state index >= 15 is 0 Å². The van der Waals surface area contributed by atoms with E-state index in [2.05, 4.69) is 6.92 Å². The summed E-state index contributed by atoms with van der Waals surface area (Å²) in [7, 11) is 0. The van der Waals surface area contributed by atoms with Crippen LogP contribution in [-0.2, 0) is 4.93 Å². The van der Waals surface area contributed by atoms with Crippen molar-refractivity contribution in [3.05, 3.63) is 35.4 Å². The van der Waals surface area contributed by atoms with Gasteiger partial charge in [0.2, 0.25) is 5.12 Å². The van der Waals surface area contributed by atoms with Gasteiger partial charge in [-0.3, -0.25) is 4.79 Å². The summed E-state index contributed by atoms with van der Waals surface area (Å²) in [5, 5.41) is 10.6. The Morgan fingerprint density at radius 3 is 2.76 bits per heavy atom. The number of carbonyl (C=O) groups is 1. The van der Waals surface area contributed by atoms with Crippen LogP contribution in [-0.4, -0.2) is 10.2 Å². The monoisotopic (exact) mass is 250 g/mol. The normalized spacial score (nSPS) is 22.8. The number of carbonyl (C=O) groups excluding carboxylic acids is 1. The summed E-state index contributed by atoms with van der Waals surface area (Å²) >= 11 is 1.07. The lowest BCUT2D eigenvalue weighted by molar-refractivity contribution is 0.108. The molecule has 92 valence electrons. The molecule has 1 heterocycles. The van der Waals surface area contributed by atoms with E-state index in [1.165, 1.54) is 12.8 Å². The van der Waals surface area contributed by atoms with Crippen molar-refractivity contribution < 1.29 is 9.90 Å². The van der Waals surface area contributed by atoms with E-state index in [9.17, 15) is 9.90 Å². The zero-order chi connectivity index (χ0) is 12.3. The second-order valence-electron chi connectivity index (χ2n) is 4.53. The van der Waals surface area contributed by atoms with Gasteiger partial charge in [-0.05, 0) is 24.6 Å². The minimum absolute atomic E-state index is 0.00130. The van der Waals surface area contributed by atoms with E-state index in [-0.39, 0.29) is 5.12 Å². The minimum Gasteiger partial charge on any atom is -0.375 e. The Hall–Kier alpha value is -0.800. The Bertz CT molecular complexity index is 416. The quantitative estimate of drug-likeness (QED) is 0.810. The Labute approximate surface area is 106 Å². The van der Waals surface area contributed by atoms with Crippen LogP contribution < -0.4 is 0 Å². The highest BCUT2D eigenvalue weighted by Crippen LogP contribution is 2.47. The molecule has 0 aliphatic carbocycles. The highest BCUT2D eigenvalue weighted by molar-refractivity contribution is 8.15. The molecule has 1 aliphatic heterocycles. The predicted octanol–water partition coefficient (Wildman–Crippen LogP) is 3.69. The molecule has 2 nitrogen and oxygen atoms in total. The van der Waals surface area contributed by atoms with Crippen molar-refractivity contribution in [1.82, 2.24) is 0 Å². The van der Waals surface area contributed by atoms with Crippen molar-refractivity contribution >= 4 is 16.9 Å². The molecule has 0 saturated heterocycles. The first-order chi connectivity index (χ1) is 8.17. The standard InChI is InChI=1S/C14H18O2S/c1-2-3-4-7-10-14(16)12-9-6-5-8-11(12)13(15)17-14/h5-6,8-9,16H,2-4,7,10H2,1H3. The zero-order valence-corrected chi connectivity index (χ0v) is 10.9. The second-order valence-corrected chi connectivity index (χ2v) is 5.78. The summed E-state index contributed by atoms with van der Waals surface area (Å²) in [4.78, 5) is 10.8. The second kappa shape index (κ2) is 5.23. The fraction of sp³-hybridized carbons (Fsp3) is 0.500. The SMILES string of the molecule is CCCCCCC1(O)SC(=O)c2ccccc21. The fourth-order valence-corrected chi connectivity index (χ4v) is 3.37. The van der Waals surface area contributed by atoms with Crippen LogP contribution in [0, 0.1) is 0 Å². The zero-order valence-electron chi connectivity index (χ0n) is 10.1. The molecule has 0 fully saturated rings. The number of rotatable bonds is 5. The summed E-state index contributed by atoms with van der Waals surface area (Å²) in [5.74, 6) is 0. The first-order valence-corrected chi connectivity index (χ1v) is 7.04. The Morgan fingerprint density at radius 2 is 2.00 bits per heavy atom. The van der Waals surface area contributed by atoms with E-state index in [4.69, 9.17) is 0 Å². The number of hydrogen-bond donors (Lipinski definition) is 1. The maximum absolute atomic E-state index is 11.8. The van der Waals surface area contributed by atoms with Gasteiger partial charge >= 0.3 is 0 Å². The van der Waals surface area contributed by atoms with E-state index in [1.807, 2.05) is 18.2 Å². The lowest BCUT2D eigenvalue weighted by atomic mass is 9.98. The van der Waals surface area contributed by atoms with Crippen LogP contribution in [0.15, 0.2) is 24.3 Å². The molecule has 0 amide bonds. The Kier molecular flexibility index (Phi) is 3.89. The summed E-state index contributed by atoms with van der Waals surface area (Å²) in [5.41, 5.74) is 1.47. The molecule has 1 N–H and O–H groups in total. The molecule has 0 aromatic heterocycles. The van der Waals surface area contributed by atoms with Crippen LogP contribution in [0.4, 0.5) is 0 Å². The third-order valence-electron chi connectivity index (χ3n) is 3.20. The van der Waals surface area contributed by atoms with Gasteiger partial charge in [-0.25, -0.2) is 0 Å². The average Bonchev–Trinajstić information content (AvgIpc) is 2.59. The molecule has 0 bridgehead atoms. The van der Waals surface area contributed by atoms with Gasteiger partial charge in [-0.2, -0.15) is 0 Å². The molecule has 1 unspecified atom stereocenters. The number of aliphatic hydroxyl groups is 1. The van der Waals surface area contributed by atoms with Crippen LogP contribution in [0.5, 0.6) is 0 Å². The lowest BCUT2D eigenvalue weighted by Gasteiger charge is -2.21. The first-order valence-electron chi connectivity index (χ1n) is 6.22. The Morgan fingerprint density at radius 1 is 1.24 bits per heavy atom. The van der Waals surface area contributed by atoms with Gasteiger partial charge in [0.15, 0.2) is 0 Å². The van der Waals surface area contributed by atoms with Gasteiger partial charge < -0.3 is 5.11 Å². The third-order valence-corrected chi connectivity index (χ3v) is 4.37. The maximum atomic E-state index is 11.8. The van der Waals surface area contributed by atoms with Crippen LogP contribution in [0.3, 0.4) is 0 Å². The number of fused-ring (bicyclic) bond motifs is 1. The number of hydrogen-bond acceptors (Lipinski definition) is 3. The highest BCUT2D eigenvalue weighted by Gasteiger charge is 2.41. The summed E-state index contributed by atoms with van der Waals surface area (Å²) < 4.78 is 0. The molecular formula is C14H18O2S. The Balaban J connectivity index is 2.09. The largest absolute Gasteiger partial charge is 0.375 e. The molecule has 1 aliphatic rings. The van der Waals surface area contributed by atoms with E-state index in [0.29, 0.717) is 12.0 Å². The van der Waals surface area contributed by atoms with Crippen molar-refractivity contribution in [3.63, 3.8) is 0 Å². The molecule has 3 heteroatoms. The molecule has 0 saturated carbocycles. The molecular weight excluding hydrogens is 232 g/mol. The number of thioether (sulfide) groups is 1. The summed E-state index contributed by atoms with van der Waals surface area (Å²) in [6.45, 7) is 2.16. The average molecular weight is 250 g/mol. The lowest BCUT2D eigenvalue weighted by Crippen LogP contribution is -2.18. The van der Waals surface area contributed by atoms with E-state index < -0.39 is 4.93 Å². The maximum Gasteiger partial charge on any atom is 0.222 e. The topological polar surface area (TPSA) is 37.3 Å². The van der Waals surface area contributed by atoms with Gasteiger partial charge in [0.05, 0.1) is 0 Å². The molecule has 1 aromatic rings. The number of benzene rings is 1. The molecule has 0 spiro atoms. The highest BCUT2D eigenvalue weighted by atomic mass is 32.2.